The van der Waals surface area contributed by atoms with Crippen molar-refractivity contribution in [1.82, 2.24) is 15.5 Å². The first-order valence-corrected chi connectivity index (χ1v) is 15.2. The number of halogens is 2. The Balaban J connectivity index is 1.01. The normalized spacial score (nSPS) is 21.1. The van der Waals surface area contributed by atoms with E-state index in [2.05, 4.69) is 39.8 Å². The fraction of sp³-hybridized carbons (Fsp3) is 0.500. The number of nitrogens with zero attached hydrogens (tertiary/aromatic N) is 1. The van der Waals surface area contributed by atoms with E-state index in [0.29, 0.717) is 22.5 Å². The molecular formula is C32H41Cl2N3O2. The van der Waals surface area contributed by atoms with Crippen molar-refractivity contribution >= 4 is 41.1 Å². The van der Waals surface area contributed by atoms with Gasteiger partial charge in [0.1, 0.15) is 0 Å². The minimum Gasteiger partial charge on any atom is -0.356 e. The molecule has 1 heterocycles. The van der Waals surface area contributed by atoms with Crippen LogP contribution in [-0.2, 0) is 9.59 Å². The molecule has 0 radical (unpaired) electrons. The van der Waals surface area contributed by atoms with Gasteiger partial charge in [-0.2, -0.15) is 0 Å². The summed E-state index contributed by atoms with van der Waals surface area (Å²) in [5.41, 5.74) is 2.14. The smallest absolute Gasteiger partial charge is 0.243 e. The van der Waals surface area contributed by atoms with Crippen LogP contribution in [0.15, 0.2) is 54.6 Å². The molecule has 2 amide bonds. The number of carbonyl (C=O) groups excluding carboxylic acids is 2. The summed E-state index contributed by atoms with van der Waals surface area (Å²) in [4.78, 5) is 27.1. The lowest BCUT2D eigenvalue weighted by Gasteiger charge is -2.32. The summed E-state index contributed by atoms with van der Waals surface area (Å²) in [5.74, 6) is 1.44. The van der Waals surface area contributed by atoms with Gasteiger partial charge in [0, 0.05) is 31.6 Å². The van der Waals surface area contributed by atoms with E-state index in [1.165, 1.54) is 44.0 Å². The second-order valence-corrected chi connectivity index (χ2v) is 11.8. The van der Waals surface area contributed by atoms with Crippen molar-refractivity contribution in [3.8, 4) is 0 Å². The van der Waals surface area contributed by atoms with Gasteiger partial charge in [0.15, 0.2) is 0 Å². The van der Waals surface area contributed by atoms with Crippen LogP contribution >= 0.6 is 23.2 Å². The third-order valence-corrected chi connectivity index (χ3v) is 8.61. The van der Waals surface area contributed by atoms with Gasteiger partial charge in [-0.25, -0.2) is 0 Å². The van der Waals surface area contributed by atoms with Crippen LogP contribution in [0.3, 0.4) is 0 Å². The second kappa shape index (κ2) is 15.4. The first-order valence-electron chi connectivity index (χ1n) is 14.5. The number of piperidine rings is 1. The molecule has 3 unspecified atom stereocenters. The molecule has 2 aromatic carbocycles. The van der Waals surface area contributed by atoms with E-state index in [-0.39, 0.29) is 17.7 Å². The molecule has 5 nitrogen and oxygen atoms in total. The molecule has 2 aliphatic rings. The molecule has 2 aromatic rings. The first kappa shape index (κ1) is 29.6. The van der Waals surface area contributed by atoms with Crippen LogP contribution in [-0.4, -0.2) is 49.4 Å². The lowest BCUT2D eigenvalue weighted by molar-refractivity contribution is -0.122. The highest BCUT2D eigenvalue weighted by molar-refractivity contribution is 6.42. The quantitative estimate of drug-likeness (QED) is 0.196. The summed E-state index contributed by atoms with van der Waals surface area (Å²) >= 11 is 11.9. The summed E-state index contributed by atoms with van der Waals surface area (Å²) < 4.78 is 0. The van der Waals surface area contributed by atoms with Crippen molar-refractivity contribution in [2.45, 2.75) is 57.3 Å². The zero-order chi connectivity index (χ0) is 27.5. The molecule has 1 saturated heterocycles. The van der Waals surface area contributed by atoms with Crippen LogP contribution in [0.5, 0.6) is 0 Å². The number of nitrogens with one attached hydrogen (secondary N) is 2. The lowest BCUT2D eigenvalue weighted by atomic mass is 9.93. The van der Waals surface area contributed by atoms with E-state index in [9.17, 15) is 9.59 Å². The van der Waals surface area contributed by atoms with Crippen LogP contribution in [0.2, 0.25) is 10.0 Å². The van der Waals surface area contributed by atoms with Gasteiger partial charge in [-0.3, -0.25) is 9.59 Å². The minimum atomic E-state index is -0.0933. The van der Waals surface area contributed by atoms with Crippen LogP contribution < -0.4 is 10.6 Å². The van der Waals surface area contributed by atoms with Gasteiger partial charge in [0.05, 0.1) is 10.0 Å². The maximum absolute atomic E-state index is 12.5. The summed E-state index contributed by atoms with van der Waals surface area (Å²) in [7, 11) is 0. The molecule has 1 saturated carbocycles. The zero-order valence-electron chi connectivity index (χ0n) is 22.7. The molecule has 7 heteroatoms. The van der Waals surface area contributed by atoms with Crippen molar-refractivity contribution in [2.75, 3.05) is 32.7 Å². The molecule has 0 spiro atoms. The Morgan fingerprint density at radius 2 is 1.77 bits per heavy atom. The largest absolute Gasteiger partial charge is 0.356 e. The van der Waals surface area contributed by atoms with E-state index in [1.807, 2.05) is 12.1 Å². The standard InChI is InChI=1S/C32H41Cl2N3O2/c33-29-15-13-24(21-30(29)34)14-16-31(38)35-17-5-2-6-19-37-20-8-10-25(23-37)9-7-18-36-32(39)28-22-27(28)26-11-3-1-4-12-26/h1,3-4,11-16,21,25,27-28H,2,5-10,17-20,22-23H2,(H,35,38)(H,36,39). The number of amides is 2. The number of benzene rings is 2. The molecule has 0 aromatic heterocycles. The van der Waals surface area contributed by atoms with E-state index in [4.69, 9.17) is 23.2 Å². The van der Waals surface area contributed by atoms with Gasteiger partial charge in [-0.1, -0.05) is 66.0 Å². The maximum atomic E-state index is 12.5. The average Bonchev–Trinajstić information content (AvgIpc) is 3.76. The average molecular weight is 571 g/mol. The molecule has 0 bridgehead atoms. The Kier molecular flexibility index (Phi) is 11.7. The predicted octanol–water partition coefficient (Wildman–Crippen LogP) is 6.71. The third kappa shape index (κ3) is 9.97. The van der Waals surface area contributed by atoms with Gasteiger partial charge >= 0.3 is 0 Å². The molecule has 4 rings (SSSR count). The number of likely N-dealkylation sites (tertiary alicyclic amines) is 1. The summed E-state index contributed by atoms with van der Waals surface area (Å²) in [5, 5.41) is 7.12. The highest BCUT2D eigenvalue weighted by Gasteiger charge is 2.43. The molecule has 1 aliphatic carbocycles. The SMILES string of the molecule is O=C(C=Cc1ccc(Cl)c(Cl)c1)NCCCCCN1CCCC(CCCNC(=O)C2CC2c2ccccc2)C1. The summed E-state index contributed by atoms with van der Waals surface area (Å²) in [6.07, 6.45) is 12.3. The Labute approximate surface area is 243 Å². The topological polar surface area (TPSA) is 61.4 Å². The number of hydrogen-bond acceptors (Lipinski definition) is 3. The van der Waals surface area contributed by atoms with E-state index < -0.39 is 0 Å². The molecule has 39 heavy (non-hydrogen) atoms. The van der Waals surface area contributed by atoms with E-state index >= 15 is 0 Å². The van der Waals surface area contributed by atoms with Crippen LogP contribution in [0.1, 0.15) is 68.4 Å². The third-order valence-electron chi connectivity index (χ3n) is 7.87. The van der Waals surface area contributed by atoms with Gasteiger partial charge in [-0.15, -0.1) is 0 Å². The monoisotopic (exact) mass is 569 g/mol. The Bertz CT molecular complexity index is 1110. The number of hydrogen-bond donors (Lipinski definition) is 2. The second-order valence-electron chi connectivity index (χ2n) is 11.0. The molecule has 210 valence electrons. The summed E-state index contributed by atoms with van der Waals surface area (Å²) in [6, 6.07) is 15.7. The maximum Gasteiger partial charge on any atom is 0.243 e. The Morgan fingerprint density at radius 1 is 0.949 bits per heavy atom. The summed E-state index contributed by atoms with van der Waals surface area (Å²) in [6.45, 7) is 4.96. The van der Waals surface area contributed by atoms with Crippen LogP contribution in [0, 0.1) is 11.8 Å². The minimum absolute atomic E-state index is 0.0933. The first-order chi connectivity index (χ1) is 19.0. The highest BCUT2D eigenvalue weighted by atomic mass is 35.5. The molecule has 2 fully saturated rings. The van der Waals surface area contributed by atoms with Crippen molar-refractivity contribution < 1.29 is 9.59 Å². The number of unbranched alkanes of at least 4 members (excludes halogenated alkanes) is 2. The Morgan fingerprint density at radius 3 is 2.59 bits per heavy atom. The van der Waals surface area contributed by atoms with Crippen molar-refractivity contribution in [1.29, 1.82) is 0 Å². The molecule has 2 N–H and O–H groups in total. The van der Waals surface area contributed by atoms with Gasteiger partial charge in [-0.05, 0) is 99.2 Å². The van der Waals surface area contributed by atoms with Crippen molar-refractivity contribution in [2.24, 2.45) is 11.8 Å². The van der Waals surface area contributed by atoms with E-state index in [0.717, 1.165) is 56.7 Å². The lowest BCUT2D eigenvalue weighted by Crippen LogP contribution is -2.36. The number of rotatable bonds is 14. The Hall–Kier alpha value is -2.34. The predicted molar refractivity (Wildman–Crippen MR) is 161 cm³/mol. The zero-order valence-corrected chi connectivity index (χ0v) is 24.2. The number of carbonyl (C=O) groups is 2. The molecular weight excluding hydrogens is 529 g/mol. The highest BCUT2D eigenvalue weighted by Crippen LogP contribution is 2.47. The van der Waals surface area contributed by atoms with Crippen molar-refractivity contribution in [3.63, 3.8) is 0 Å². The van der Waals surface area contributed by atoms with Crippen molar-refractivity contribution in [3.05, 3.63) is 75.8 Å². The fourth-order valence-corrected chi connectivity index (χ4v) is 5.88. The van der Waals surface area contributed by atoms with Gasteiger partial charge < -0.3 is 15.5 Å². The molecule has 1 aliphatic heterocycles. The van der Waals surface area contributed by atoms with Crippen LogP contribution in [0.4, 0.5) is 0 Å². The van der Waals surface area contributed by atoms with E-state index in [1.54, 1.807) is 18.2 Å². The fourth-order valence-electron chi connectivity index (χ4n) is 5.57. The van der Waals surface area contributed by atoms with Crippen LogP contribution in [0.25, 0.3) is 6.08 Å². The molecule has 3 atom stereocenters. The van der Waals surface area contributed by atoms with Gasteiger partial charge in [0.2, 0.25) is 11.8 Å². The van der Waals surface area contributed by atoms with Gasteiger partial charge in [0.25, 0.3) is 0 Å².